The molecule has 0 spiro atoms. The van der Waals surface area contributed by atoms with Gasteiger partial charge in [0.15, 0.2) is 0 Å². The largest absolute Gasteiger partial charge is 0.373 e. The predicted molar refractivity (Wildman–Crippen MR) is 98.3 cm³/mol. The third kappa shape index (κ3) is 4.11. The van der Waals surface area contributed by atoms with Crippen LogP contribution >= 0.6 is 11.3 Å². The first-order valence-electron chi connectivity index (χ1n) is 9.35. The molecule has 4 heterocycles. The zero-order chi connectivity index (χ0) is 17.1. The molecule has 4 rings (SSSR count). The molecule has 1 atom stereocenters. The zero-order valence-electron chi connectivity index (χ0n) is 14.6. The number of nitrogens with two attached hydrogens (primary N) is 1. The Labute approximate surface area is 153 Å². The van der Waals surface area contributed by atoms with Crippen LogP contribution in [-0.4, -0.2) is 39.6 Å². The number of nitrogens with zero attached hydrogens (tertiary/aromatic N) is 4. The molecule has 0 aromatic carbocycles. The van der Waals surface area contributed by atoms with Crippen LogP contribution in [0.25, 0.3) is 0 Å². The molecule has 2 N–H and O–H groups in total. The van der Waals surface area contributed by atoms with Crippen molar-refractivity contribution in [1.29, 1.82) is 0 Å². The van der Waals surface area contributed by atoms with Gasteiger partial charge in [0, 0.05) is 42.5 Å². The second kappa shape index (κ2) is 7.95. The average Bonchev–Trinajstić information content (AvgIpc) is 3.33. The number of ether oxygens (including phenoxy) is 1. The van der Waals surface area contributed by atoms with Gasteiger partial charge in [-0.05, 0) is 44.2 Å². The normalized spacial score (nSPS) is 23.2. The van der Waals surface area contributed by atoms with Crippen molar-refractivity contribution < 1.29 is 4.74 Å². The quantitative estimate of drug-likeness (QED) is 0.887. The lowest BCUT2D eigenvalue weighted by molar-refractivity contribution is 0.0172. The highest BCUT2D eigenvalue weighted by atomic mass is 32.1. The number of hydrogen-bond acceptors (Lipinski definition) is 6. The van der Waals surface area contributed by atoms with E-state index in [1.54, 1.807) is 0 Å². The fourth-order valence-electron chi connectivity index (χ4n) is 3.77. The molecule has 0 aliphatic carbocycles. The summed E-state index contributed by atoms with van der Waals surface area (Å²) in [6, 6.07) is 5.01. The van der Waals surface area contributed by atoms with Crippen LogP contribution in [0.1, 0.15) is 59.7 Å². The van der Waals surface area contributed by atoms with Crippen molar-refractivity contribution in [3.05, 3.63) is 33.8 Å². The SMILES string of the molecule is NCc1cn(C2CCN(Cc3ccc(C4CCCCO4)s3)CC2)nn1. The van der Waals surface area contributed by atoms with Crippen LogP contribution < -0.4 is 5.73 Å². The lowest BCUT2D eigenvalue weighted by atomic mass is 10.1. The summed E-state index contributed by atoms with van der Waals surface area (Å²) < 4.78 is 7.92. The molecule has 25 heavy (non-hydrogen) atoms. The molecule has 136 valence electrons. The van der Waals surface area contributed by atoms with E-state index < -0.39 is 0 Å². The fourth-order valence-corrected chi connectivity index (χ4v) is 4.90. The van der Waals surface area contributed by atoms with E-state index in [0.29, 0.717) is 18.7 Å². The van der Waals surface area contributed by atoms with Gasteiger partial charge in [0.2, 0.25) is 0 Å². The molecule has 6 nitrogen and oxygen atoms in total. The summed E-state index contributed by atoms with van der Waals surface area (Å²) in [5.41, 5.74) is 6.50. The smallest absolute Gasteiger partial charge is 0.0962 e. The highest BCUT2D eigenvalue weighted by Gasteiger charge is 2.23. The molecule has 0 bridgehead atoms. The third-order valence-electron chi connectivity index (χ3n) is 5.26. The summed E-state index contributed by atoms with van der Waals surface area (Å²) >= 11 is 1.93. The predicted octanol–water partition coefficient (Wildman–Crippen LogP) is 2.88. The molecule has 2 saturated heterocycles. The van der Waals surface area contributed by atoms with Gasteiger partial charge < -0.3 is 10.5 Å². The van der Waals surface area contributed by atoms with Crippen LogP contribution in [0.4, 0.5) is 0 Å². The molecule has 2 aromatic heterocycles. The lowest BCUT2D eigenvalue weighted by Gasteiger charge is -2.31. The van der Waals surface area contributed by atoms with Crippen molar-refractivity contribution in [3.8, 4) is 0 Å². The Hall–Kier alpha value is -1.28. The van der Waals surface area contributed by atoms with Gasteiger partial charge in [-0.25, -0.2) is 4.68 Å². The highest BCUT2D eigenvalue weighted by Crippen LogP contribution is 2.33. The van der Waals surface area contributed by atoms with Crippen molar-refractivity contribution in [3.63, 3.8) is 0 Å². The van der Waals surface area contributed by atoms with Gasteiger partial charge >= 0.3 is 0 Å². The Morgan fingerprint density at radius 3 is 2.80 bits per heavy atom. The van der Waals surface area contributed by atoms with E-state index in [0.717, 1.165) is 44.8 Å². The number of hydrogen-bond donors (Lipinski definition) is 1. The van der Waals surface area contributed by atoms with E-state index in [2.05, 4.69) is 27.3 Å². The summed E-state index contributed by atoms with van der Waals surface area (Å²) in [6.07, 6.45) is 8.25. The van der Waals surface area contributed by atoms with E-state index >= 15 is 0 Å². The molecule has 2 aliphatic rings. The van der Waals surface area contributed by atoms with E-state index in [1.807, 2.05) is 22.2 Å². The maximum absolute atomic E-state index is 5.91. The number of thiophene rings is 1. The van der Waals surface area contributed by atoms with Gasteiger partial charge in [0.1, 0.15) is 0 Å². The van der Waals surface area contributed by atoms with Crippen molar-refractivity contribution in [2.45, 2.75) is 57.3 Å². The Bertz CT molecular complexity index is 671. The summed E-state index contributed by atoms with van der Waals surface area (Å²) in [6.45, 7) is 4.64. The van der Waals surface area contributed by atoms with Crippen LogP contribution in [0.15, 0.2) is 18.3 Å². The van der Waals surface area contributed by atoms with Crippen molar-refractivity contribution in [2.75, 3.05) is 19.7 Å². The molecular formula is C18H27N5OS. The first-order chi connectivity index (χ1) is 12.3. The van der Waals surface area contributed by atoms with Crippen LogP contribution in [0.5, 0.6) is 0 Å². The van der Waals surface area contributed by atoms with Gasteiger partial charge in [-0.1, -0.05) is 5.21 Å². The minimum atomic E-state index is 0.335. The highest BCUT2D eigenvalue weighted by molar-refractivity contribution is 7.12. The lowest BCUT2D eigenvalue weighted by Crippen LogP contribution is -2.34. The zero-order valence-corrected chi connectivity index (χ0v) is 15.5. The molecule has 2 aromatic rings. The van der Waals surface area contributed by atoms with Gasteiger partial charge in [-0.3, -0.25) is 4.90 Å². The maximum Gasteiger partial charge on any atom is 0.0962 e. The molecule has 7 heteroatoms. The first-order valence-corrected chi connectivity index (χ1v) is 10.2. The second-order valence-electron chi connectivity index (χ2n) is 7.06. The number of rotatable bonds is 5. The van der Waals surface area contributed by atoms with Gasteiger partial charge in [0.25, 0.3) is 0 Å². The van der Waals surface area contributed by atoms with E-state index in [9.17, 15) is 0 Å². The van der Waals surface area contributed by atoms with Crippen molar-refractivity contribution in [1.82, 2.24) is 19.9 Å². The molecule has 0 saturated carbocycles. The van der Waals surface area contributed by atoms with Crippen LogP contribution in [0, 0.1) is 0 Å². The number of piperidine rings is 1. The molecular weight excluding hydrogens is 334 g/mol. The minimum Gasteiger partial charge on any atom is -0.373 e. The monoisotopic (exact) mass is 361 g/mol. The summed E-state index contributed by atoms with van der Waals surface area (Å²) in [7, 11) is 0. The topological polar surface area (TPSA) is 69.2 Å². The maximum atomic E-state index is 5.91. The van der Waals surface area contributed by atoms with Crippen molar-refractivity contribution >= 4 is 11.3 Å². The number of likely N-dealkylation sites (tertiary alicyclic amines) is 1. The van der Waals surface area contributed by atoms with E-state index in [1.165, 1.54) is 29.0 Å². The summed E-state index contributed by atoms with van der Waals surface area (Å²) in [4.78, 5) is 5.41. The Kier molecular flexibility index (Phi) is 5.45. The Morgan fingerprint density at radius 2 is 2.08 bits per heavy atom. The second-order valence-corrected chi connectivity index (χ2v) is 8.26. The van der Waals surface area contributed by atoms with Gasteiger partial charge in [-0.15, -0.1) is 16.4 Å². The summed E-state index contributed by atoms with van der Waals surface area (Å²) in [5, 5.41) is 8.34. The fraction of sp³-hybridized carbons (Fsp3) is 0.667. The van der Waals surface area contributed by atoms with Crippen LogP contribution in [0.3, 0.4) is 0 Å². The average molecular weight is 362 g/mol. The van der Waals surface area contributed by atoms with Gasteiger partial charge in [-0.2, -0.15) is 0 Å². The third-order valence-corrected chi connectivity index (χ3v) is 6.42. The molecule has 0 radical (unpaired) electrons. The van der Waals surface area contributed by atoms with Crippen LogP contribution in [0.2, 0.25) is 0 Å². The molecule has 1 unspecified atom stereocenters. The van der Waals surface area contributed by atoms with Crippen molar-refractivity contribution in [2.24, 2.45) is 5.73 Å². The number of aromatic nitrogens is 3. The standard InChI is InChI=1S/C18H27N5OS/c19-11-14-12-23(21-20-14)15-6-8-22(9-7-15)13-16-4-5-18(25-16)17-3-1-2-10-24-17/h4-5,12,15,17H,1-3,6-11,13,19H2. The van der Waals surface area contributed by atoms with E-state index in [-0.39, 0.29) is 0 Å². The van der Waals surface area contributed by atoms with Crippen LogP contribution in [-0.2, 0) is 17.8 Å². The minimum absolute atomic E-state index is 0.335. The molecule has 2 aliphatic heterocycles. The van der Waals surface area contributed by atoms with E-state index in [4.69, 9.17) is 10.5 Å². The Morgan fingerprint density at radius 1 is 1.20 bits per heavy atom. The van der Waals surface area contributed by atoms with Gasteiger partial charge in [0.05, 0.1) is 24.0 Å². The molecule has 2 fully saturated rings. The summed E-state index contributed by atoms with van der Waals surface area (Å²) in [5.74, 6) is 0. The Balaban J connectivity index is 1.29. The molecule has 0 amide bonds. The first kappa shape index (κ1) is 17.1.